The van der Waals surface area contributed by atoms with Crippen LogP contribution < -0.4 is 10.2 Å². The Balaban J connectivity index is 1.42. The predicted octanol–water partition coefficient (Wildman–Crippen LogP) is 12.2. The summed E-state index contributed by atoms with van der Waals surface area (Å²) in [6.45, 7) is 19.8. The Bertz CT molecular complexity index is 2360. The van der Waals surface area contributed by atoms with Crippen LogP contribution in [0.4, 0.5) is 22.7 Å². The molecule has 56 heavy (non-hydrogen) atoms. The lowest BCUT2D eigenvalue weighted by Gasteiger charge is -2.25. The summed E-state index contributed by atoms with van der Waals surface area (Å²) in [6.07, 6.45) is 9.72. The molecule has 0 amide bonds. The van der Waals surface area contributed by atoms with Crippen molar-refractivity contribution in [3.8, 4) is 0 Å². The molecule has 5 nitrogen and oxygen atoms in total. The van der Waals surface area contributed by atoms with Gasteiger partial charge in [0, 0.05) is 59.3 Å². The highest BCUT2D eigenvalue weighted by Crippen LogP contribution is 2.39. The Morgan fingerprint density at radius 3 is 1.91 bits per heavy atom. The van der Waals surface area contributed by atoms with E-state index in [1.807, 2.05) is 20.8 Å². The Kier molecular flexibility index (Phi) is 11.8. The maximum atomic E-state index is 12.6. The molecule has 288 valence electrons. The highest BCUT2D eigenvalue weighted by Gasteiger charge is 2.27. The molecule has 5 aromatic carbocycles. The number of benzene rings is 5. The van der Waals surface area contributed by atoms with Gasteiger partial charge in [0.1, 0.15) is 13.7 Å². The molecule has 0 spiro atoms. The number of fused-ring (bicyclic) bond motifs is 1. The molecule has 0 bridgehead atoms. The highest BCUT2D eigenvalue weighted by molar-refractivity contribution is 6.08. The summed E-state index contributed by atoms with van der Waals surface area (Å²) in [7, 11) is 4.31. The molecular formula is C51H58N3O2+. The molecule has 0 heterocycles. The van der Waals surface area contributed by atoms with Gasteiger partial charge in [-0.25, -0.2) is 0 Å². The Morgan fingerprint density at radius 2 is 1.32 bits per heavy atom. The average Bonchev–Trinajstić information content (AvgIpc) is 3.16. The van der Waals surface area contributed by atoms with Gasteiger partial charge in [0.05, 0.1) is 5.41 Å². The van der Waals surface area contributed by atoms with Crippen LogP contribution in [-0.2, 0) is 9.53 Å². The van der Waals surface area contributed by atoms with Crippen LogP contribution in [0, 0.1) is 47.0 Å². The predicted molar refractivity (Wildman–Crippen MR) is 238 cm³/mol. The van der Waals surface area contributed by atoms with Gasteiger partial charge in [-0.05, 0) is 143 Å². The fourth-order valence-corrected chi connectivity index (χ4v) is 8.18. The van der Waals surface area contributed by atoms with Crippen molar-refractivity contribution in [2.24, 2.45) is 5.41 Å². The van der Waals surface area contributed by atoms with E-state index in [0.717, 1.165) is 56.6 Å². The molecule has 0 fully saturated rings. The SMILES string of the molecule is CCC(C)(C)C(=O)OCCNc1ccc(C(=C2C=CC(=[N+](C)c3c(C)cc(C)cc3C)C=C2)c2ccc(N(C)c3c(C)cc(C)cc3C)cc2)c2ccccc12. The minimum atomic E-state index is -0.487. The van der Waals surface area contributed by atoms with E-state index in [1.54, 1.807) is 0 Å². The van der Waals surface area contributed by atoms with Crippen LogP contribution in [0.3, 0.4) is 0 Å². The minimum Gasteiger partial charge on any atom is -0.463 e. The third kappa shape index (κ3) is 8.28. The molecule has 5 heteroatoms. The van der Waals surface area contributed by atoms with Gasteiger partial charge in [0.25, 0.3) is 0 Å². The lowest BCUT2D eigenvalue weighted by atomic mass is 9.87. The van der Waals surface area contributed by atoms with E-state index in [-0.39, 0.29) is 5.97 Å². The molecule has 6 rings (SSSR count). The first-order valence-corrected chi connectivity index (χ1v) is 19.8. The fraction of sp³-hybridized carbons (Fsp3) is 0.294. The monoisotopic (exact) mass is 744 g/mol. The van der Waals surface area contributed by atoms with Crippen molar-refractivity contribution in [3.05, 3.63) is 159 Å². The second-order valence-electron chi connectivity index (χ2n) is 16.1. The number of allylic oxidation sites excluding steroid dienone is 5. The number of esters is 1. The first-order valence-electron chi connectivity index (χ1n) is 19.8. The molecule has 0 saturated heterocycles. The van der Waals surface area contributed by atoms with Crippen LogP contribution >= 0.6 is 0 Å². The number of carbonyl (C=O) groups is 1. The van der Waals surface area contributed by atoms with Crippen molar-refractivity contribution in [1.82, 2.24) is 0 Å². The van der Waals surface area contributed by atoms with E-state index in [2.05, 4.69) is 180 Å². The molecule has 1 aliphatic carbocycles. The molecule has 0 radical (unpaired) electrons. The minimum absolute atomic E-state index is 0.163. The van der Waals surface area contributed by atoms with Crippen molar-refractivity contribution in [2.75, 3.05) is 37.5 Å². The largest absolute Gasteiger partial charge is 0.463 e. The zero-order valence-electron chi connectivity index (χ0n) is 35.2. The average molecular weight is 745 g/mol. The van der Waals surface area contributed by atoms with E-state index in [1.165, 1.54) is 44.8 Å². The Hall–Kier alpha value is -5.68. The first kappa shape index (κ1) is 40.0. The Labute approximate surface area is 334 Å². The van der Waals surface area contributed by atoms with Gasteiger partial charge >= 0.3 is 5.97 Å². The van der Waals surface area contributed by atoms with Gasteiger partial charge in [-0.3, -0.25) is 4.79 Å². The summed E-state index contributed by atoms with van der Waals surface area (Å²) in [5, 5.41) is 5.82. The smallest absolute Gasteiger partial charge is 0.311 e. The molecule has 0 aromatic heterocycles. The van der Waals surface area contributed by atoms with Gasteiger partial charge in [-0.15, -0.1) is 0 Å². The van der Waals surface area contributed by atoms with Crippen LogP contribution in [0.15, 0.2) is 115 Å². The molecule has 0 aliphatic heterocycles. The van der Waals surface area contributed by atoms with Crippen molar-refractivity contribution in [3.63, 3.8) is 0 Å². The summed E-state index contributed by atoms with van der Waals surface area (Å²) in [5.41, 5.74) is 17.5. The number of hydrogen-bond acceptors (Lipinski definition) is 4. The lowest BCUT2D eigenvalue weighted by molar-refractivity contribution is -0.404. The van der Waals surface area contributed by atoms with Gasteiger partial charge in [-0.2, -0.15) is 4.58 Å². The lowest BCUT2D eigenvalue weighted by Crippen LogP contribution is -2.27. The fourth-order valence-electron chi connectivity index (χ4n) is 8.18. The van der Waals surface area contributed by atoms with Crippen molar-refractivity contribution in [1.29, 1.82) is 0 Å². The Morgan fingerprint density at radius 1 is 0.750 bits per heavy atom. The summed E-state index contributed by atoms with van der Waals surface area (Å²) in [4.78, 5) is 14.9. The molecule has 0 saturated carbocycles. The maximum Gasteiger partial charge on any atom is 0.311 e. The van der Waals surface area contributed by atoms with Crippen LogP contribution in [0.1, 0.15) is 71.7 Å². The van der Waals surface area contributed by atoms with Crippen LogP contribution in [0.25, 0.3) is 16.3 Å². The quantitative estimate of drug-likeness (QED) is 0.0831. The number of aryl methyl sites for hydroxylation is 6. The number of hydrogen-bond donors (Lipinski definition) is 1. The van der Waals surface area contributed by atoms with E-state index < -0.39 is 5.41 Å². The summed E-state index contributed by atoms with van der Waals surface area (Å²) < 4.78 is 7.94. The van der Waals surface area contributed by atoms with E-state index >= 15 is 0 Å². The van der Waals surface area contributed by atoms with Crippen LogP contribution in [-0.4, -0.2) is 43.5 Å². The molecule has 1 N–H and O–H groups in total. The van der Waals surface area contributed by atoms with Crippen molar-refractivity contribution >= 4 is 50.8 Å². The first-order chi connectivity index (χ1) is 26.7. The van der Waals surface area contributed by atoms with E-state index in [4.69, 9.17) is 4.74 Å². The zero-order valence-corrected chi connectivity index (χ0v) is 35.2. The van der Waals surface area contributed by atoms with E-state index in [0.29, 0.717) is 13.2 Å². The molecule has 1 aliphatic rings. The third-order valence-electron chi connectivity index (χ3n) is 11.3. The maximum absolute atomic E-state index is 12.6. The van der Waals surface area contributed by atoms with Crippen molar-refractivity contribution < 1.29 is 14.1 Å². The molecule has 0 atom stereocenters. The molecular weight excluding hydrogens is 687 g/mol. The van der Waals surface area contributed by atoms with Gasteiger partial charge in [0.2, 0.25) is 11.4 Å². The third-order valence-corrected chi connectivity index (χ3v) is 11.3. The van der Waals surface area contributed by atoms with Gasteiger partial charge < -0.3 is 15.0 Å². The standard InChI is InChI=1S/C51H57N3O2/c1-12-51(8,9)50(55)56-28-27-52-46-26-25-45(43-15-13-14-16-44(43)46)47(39-17-21-41(22-18-39)53(10)48-35(4)29-33(2)30-36(48)5)40-19-23-42(24-20-40)54(11)49-37(6)31-34(3)32-38(49)7/h13-26,29-32H,12,27-28H2,1-11H3/p+1. The summed E-state index contributed by atoms with van der Waals surface area (Å²) in [5.74, 6) is -0.163. The van der Waals surface area contributed by atoms with E-state index in [9.17, 15) is 4.79 Å². The number of nitrogens with zero attached hydrogens (tertiary/aromatic N) is 2. The number of rotatable bonds is 11. The number of carbonyl (C=O) groups excluding carboxylic acids is 1. The van der Waals surface area contributed by atoms with Gasteiger partial charge in [0.15, 0.2) is 0 Å². The highest BCUT2D eigenvalue weighted by atomic mass is 16.5. The number of nitrogens with one attached hydrogen (secondary N) is 1. The summed E-state index contributed by atoms with van der Waals surface area (Å²) in [6, 6.07) is 30.9. The second kappa shape index (κ2) is 16.6. The number of anilines is 3. The molecule has 5 aromatic rings. The summed E-state index contributed by atoms with van der Waals surface area (Å²) >= 11 is 0. The number of ether oxygens (including phenoxy) is 1. The van der Waals surface area contributed by atoms with Crippen LogP contribution in [0.2, 0.25) is 0 Å². The van der Waals surface area contributed by atoms with Crippen molar-refractivity contribution in [2.45, 2.75) is 68.7 Å². The second-order valence-corrected chi connectivity index (χ2v) is 16.1. The zero-order chi connectivity index (χ0) is 40.3. The van der Waals surface area contributed by atoms with Gasteiger partial charge in [-0.1, -0.05) is 72.6 Å². The molecule has 0 unspecified atom stereocenters. The topological polar surface area (TPSA) is 44.6 Å². The van der Waals surface area contributed by atoms with Crippen LogP contribution in [0.5, 0.6) is 0 Å². The normalized spacial score (nSPS) is 12.6.